The predicted molar refractivity (Wildman–Crippen MR) is 95.1 cm³/mol. The maximum Gasteiger partial charge on any atom is 0.265 e. The van der Waals surface area contributed by atoms with Gasteiger partial charge in [0.25, 0.3) is 10.0 Å². The number of ether oxygens (including phenoxy) is 1. The number of hydrogen-bond acceptors (Lipinski definition) is 4. The second kappa shape index (κ2) is 5.71. The minimum atomic E-state index is -3.71. The van der Waals surface area contributed by atoms with Crippen molar-refractivity contribution in [1.29, 1.82) is 0 Å². The van der Waals surface area contributed by atoms with Crippen LogP contribution in [0.1, 0.15) is 13.8 Å². The maximum atomic E-state index is 13.0. The average Bonchev–Trinajstić information content (AvgIpc) is 2.80. The molecular formula is C18H20N2O4S. The first-order valence-corrected chi connectivity index (χ1v) is 9.79. The molecule has 0 aliphatic carbocycles. The number of rotatable bonds is 2. The Hall–Kier alpha value is -2.12. The average molecular weight is 360 g/mol. The van der Waals surface area contributed by atoms with Crippen LogP contribution in [0.25, 0.3) is 10.8 Å². The fraction of sp³-hybridized carbons (Fsp3) is 0.389. The van der Waals surface area contributed by atoms with Crippen LogP contribution in [-0.4, -0.2) is 51.1 Å². The zero-order valence-electron chi connectivity index (χ0n) is 14.2. The number of amides is 1. The zero-order chi connectivity index (χ0) is 17.8. The van der Waals surface area contributed by atoms with Crippen LogP contribution in [0.3, 0.4) is 0 Å². The molecule has 2 aliphatic heterocycles. The zero-order valence-corrected chi connectivity index (χ0v) is 15.0. The summed E-state index contributed by atoms with van der Waals surface area (Å²) in [6.45, 7) is 4.58. The standard InChI is InChI=1S/C18H20N2O4S/c1-12-11-24-13(2)9-19(12)17(21)10-20-15-7-3-5-14-6-4-8-16(18(14)15)25(20,22)23/h3-8,12-13H,9-11H2,1-2H3. The molecule has 7 heteroatoms. The van der Waals surface area contributed by atoms with Gasteiger partial charge in [-0.3, -0.25) is 9.10 Å². The molecule has 1 saturated heterocycles. The summed E-state index contributed by atoms with van der Waals surface area (Å²) in [7, 11) is -3.71. The third-order valence-electron chi connectivity index (χ3n) is 4.89. The van der Waals surface area contributed by atoms with Gasteiger partial charge < -0.3 is 9.64 Å². The first-order chi connectivity index (χ1) is 11.9. The van der Waals surface area contributed by atoms with E-state index in [4.69, 9.17) is 4.74 Å². The van der Waals surface area contributed by atoms with Crippen molar-refractivity contribution in [2.45, 2.75) is 30.9 Å². The lowest BCUT2D eigenvalue weighted by atomic mass is 10.1. The molecule has 1 fully saturated rings. The molecule has 0 bridgehead atoms. The van der Waals surface area contributed by atoms with Crippen molar-refractivity contribution >= 4 is 32.4 Å². The first kappa shape index (κ1) is 16.4. The highest BCUT2D eigenvalue weighted by Crippen LogP contribution is 2.41. The molecule has 2 aliphatic rings. The molecular weight excluding hydrogens is 340 g/mol. The van der Waals surface area contributed by atoms with E-state index >= 15 is 0 Å². The van der Waals surface area contributed by atoms with E-state index in [1.165, 1.54) is 4.31 Å². The number of benzene rings is 2. The van der Waals surface area contributed by atoms with Crippen molar-refractivity contribution in [3.05, 3.63) is 36.4 Å². The van der Waals surface area contributed by atoms with Gasteiger partial charge in [-0.1, -0.05) is 24.3 Å². The number of nitrogens with zero attached hydrogens (tertiary/aromatic N) is 2. The van der Waals surface area contributed by atoms with E-state index in [2.05, 4.69) is 0 Å². The van der Waals surface area contributed by atoms with E-state index in [-0.39, 0.29) is 29.5 Å². The first-order valence-electron chi connectivity index (χ1n) is 8.35. The predicted octanol–water partition coefficient (Wildman–Crippen LogP) is 1.98. The Morgan fingerprint density at radius 1 is 1.20 bits per heavy atom. The van der Waals surface area contributed by atoms with Gasteiger partial charge in [-0.05, 0) is 31.4 Å². The minimum Gasteiger partial charge on any atom is -0.375 e. The summed E-state index contributed by atoms with van der Waals surface area (Å²) in [4.78, 5) is 14.8. The Labute approximate surface area is 147 Å². The fourth-order valence-corrected chi connectivity index (χ4v) is 5.25. The number of carbonyl (C=O) groups excluding carboxylic acids is 1. The summed E-state index contributed by atoms with van der Waals surface area (Å²) in [5.41, 5.74) is 0.579. The summed E-state index contributed by atoms with van der Waals surface area (Å²) in [6.07, 6.45) is -0.0454. The highest BCUT2D eigenvalue weighted by atomic mass is 32.2. The number of morpholine rings is 1. The topological polar surface area (TPSA) is 66.9 Å². The van der Waals surface area contributed by atoms with Gasteiger partial charge in [0.1, 0.15) is 6.54 Å². The van der Waals surface area contributed by atoms with Crippen LogP contribution in [0.5, 0.6) is 0 Å². The third-order valence-corrected chi connectivity index (χ3v) is 6.69. The van der Waals surface area contributed by atoms with E-state index in [1.807, 2.05) is 32.0 Å². The normalized spacial score (nSPS) is 24.7. The quantitative estimate of drug-likeness (QED) is 0.821. The van der Waals surface area contributed by atoms with Crippen LogP contribution in [0, 0.1) is 0 Å². The van der Waals surface area contributed by atoms with Gasteiger partial charge in [0.15, 0.2) is 0 Å². The monoisotopic (exact) mass is 360 g/mol. The smallest absolute Gasteiger partial charge is 0.265 e. The molecule has 2 aromatic rings. The fourth-order valence-electron chi connectivity index (χ4n) is 3.59. The highest BCUT2D eigenvalue weighted by molar-refractivity contribution is 7.93. The summed E-state index contributed by atoms with van der Waals surface area (Å²) in [5.74, 6) is -0.198. The van der Waals surface area contributed by atoms with Crippen LogP contribution in [0.2, 0.25) is 0 Å². The molecule has 25 heavy (non-hydrogen) atoms. The molecule has 2 aromatic carbocycles. The van der Waals surface area contributed by atoms with Gasteiger partial charge >= 0.3 is 0 Å². The van der Waals surface area contributed by atoms with Crippen molar-refractivity contribution in [2.24, 2.45) is 0 Å². The molecule has 4 rings (SSSR count). The molecule has 0 N–H and O–H groups in total. The Kier molecular flexibility index (Phi) is 3.73. The number of anilines is 1. The summed E-state index contributed by atoms with van der Waals surface area (Å²) < 4.78 is 32.7. The Morgan fingerprint density at radius 3 is 2.68 bits per heavy atom. The SMILES string of the molecule is CC1CN(C(=O)CN2c3cccc4cccc(c34)S2(=O)=O)C(C)CO1. The van der Waals surface area contributed by atoms with Gasteiger partial charge in [0.05, 0.1) is 29.3 Å². The van der Waals surface area contributed by atoms with Crippen LogP contribution >= 0.6 is 0 Å². The molecule has 2 atom stereocenters. The van der Waals surface area contributed by atoms with Gasteiger partial charge in [0.2, 0.25) is 5.91 Å². The van der Waals surface area contributed by atoms with E-state index < -0.39 is 10.0 Å². The van der Waals surface area contributed by atoms with Gasteiger partial charge in [-0.2, -0.15) is 0 Å². The third kappa shape index (κ3) is 2.49. The lowest BCUT2D eigenvalue weighted by Crippen LogP contribution is -2.53. The van der Waals surface area contributed by atoms with Gasteiger partial charge in [-0.15, -0.1) is 0 Å². The van der Waals surface area contributed by atoms with E-state index in [9.17, 15) is 13.2 Å². The lowest BCUT2D eigenvalue weighted by Gasteiger charge is -2.37. The van der Waals surface area contributed by atoms with E-state index in [0.717, 1.165) is 5.39 Å². The van der Waals surface area contributed by atoms with Gasteiger partial charge in [-0.25, -0.2) is 8.42 Å². The van der Waals surface area contributed by atoms with Crippen LogP contribution in [-0.2, 0) is 19.6 Å². The largest absolute Gasteiger partial charge is 0.375 e. The van der Waals surface area contributed by atoms with Crippen molar-refractivity contribution < 1.29 is 17.9 Å². The number of carbonyl (C=O) groups is 1. The number of hydrogen-bond donors (Lipinski definition) is 0. The molecule has 132 valence electrons. The van der Waals surface area contributed by atoms with Crippen molar-refractivity contribution in [3.8, 4) is 0 Å². The summed E-state index contributed by atoms with van der Waals surface area (Å²) in [6, 6.07) is 10.6. The van der Waals surface area contributed by atoms with E-state index in [1.54, 1.807) is 23.1 Å². The van der Waals surface area contributed by atoms with Crippen molar-refractivity contribution in [2.75, 3.05) is 24.0 Å². The molecule has 6 nitrogen and oxygen atoms in total. The van der Waals surface area contributed by atoms with Crippen LogP contribution in [0.15, 0.2) is 41.3 Å². The van der Waals surface area contributed by atoms with E-state index in [0.29, 0.717) is 24.2 Å². The van der Waals surface area contributed by atoms with Crippen molar-refractivity contribution in [1.82, 2.24) is 4.90 Å². The Bertz CT molecular complexity index is 951. The van der Waals surface area contributed by atoms with Gasteiger partial charge in [0, 0.05) is 11.9 Å². The summed E-state index contributed by atoms with van der Waals surface area (Å²) >= 11 is 0. The Morgan fingerprint density at radius 2 is 1.92 bits per heavy atom. The molecule has 0 radical (unpaired) electrons. The molecule has 0 saturated carbocycles. The Balaban J connectivity index is 1.70. The minimum absolute atomic E-state index is 0.0454. The molecule has 2 heterocycles. The van der Waals surface area contributed by atoms with Crippen LogP contribution < -0.4 is 4.31 Å². The lowest BCUT2D eigenvalue weighted by molar-refractivity contribution is -0.141. The molecule has 2 unspecified atom stereocenters. The molecule has 0 aromatic heterocycles. The second-order valence-electron chi connectivity index (χ2n) is 6.68. The van der Waals surface area contributed by atoms with Crippen LogP contribution in [0.4, 0.5) is 5.69 Å². The second-order valence-corrected chi connectivity index (χ2v) is 8.51. The highest BCUT2D eigenvalue weighted by Gasteiger charge is 2.38. The molecule has 0 spiro atoms. The number of sulfonamides is 1. The molecule has 1 amide bonds. The summed E-state index contributed by atoms with van der Waals surface area (Å²) in [5, 5.41) is 1.56. The maximum absolute atomic E-state index is 13.0. The van der Waals surface area contributed by atoms with Crippen molar-refractivity contribution in [3.63, 3.8) is 0 Å².